The van der Waals surface area contributed by atoms with E-state index in [4.69, 9.17) is 21.7 Å². The molecule has 174 valence electrons. The minimum atomic E-state index is -1.63. The number of carbonyl (C=O) groups excluding carboxylic acids is 3. The number of carbonyl (C=O) groups is 5. The van der Waals surface area contributed by atoms with E-state index < -0.39 is 54.8 Å². The first-order chi connectivity index (χ1) is 14.6. The summed E-state index contributed by atoms with van der Waals surface area (Å²) in [6.07, 6.45) is 1.23. The van der Waals surface area contributed by atoms with Crippen molar-refractivity contribution in [3.05, 3.63) is 0 Å². The molecule has 10 N–H and O–H groups in total. The van der Waals surface area contributed by atoms with Crippen LogP contribution >= 0.6 is 0 Å². The van der Waals surface area contributed by atoms with Gasteiger partial charge in [0.2, 0.25) is 17.7 Å². The molecule has 1 aliphatic heterocycles. The van der Waals surface area contributed by atoms with Crippen LogP contribution in [0.25, 0.3) is 0 Å². The van der Waals surface area contributed by atoms with Crippen molar-refractivity contribution in [2.45, 2.75) is 50.2 Å². The van der Waals surface area contributed by atoms with Crippen molar-refractivity contribution in [3.63, 3.8) is 0 Å². The number of aliphatic carboxylic acids is 2. The molecular formula is C17H29N7O7. The molecule has 14 heteroatoms. The highest BCUT2D eigenvalue weighted by molar-refractivity contribution is 5.93. The van der Waals surface area contributed by atoms with Crippen LogP contribution in [0.1, 0.15) is 32.1 Å². The topological polar surface area (TPSA) is 238 Å². The zero-order valence-electron chi connectivity index (χ0n) is 16.9. The van der Waals surface area contributed by atoms with Crippen LogP contribution in [0.4, 0.5) is 0 Å². The Balaban J connectivity index is 2.64. The van der Waals surface area contributed by atoms with Crippen LogP contribution < -0.4 is 32.7 Å². The summed E-state index contributed by atoms with van der Waals surface area (Å²) in [5, 5.41) is 27.6. The Morgan fingerprint density at radius 2 is 1.81 bits per heavy atom. The van der Waals surface area contributed by atoms with Gasteiger partial charge in [0.1, 0.15) is 12.1 Å². The number of hydrogen-bond donors (Lipinski definition) is 8. The fourth-order valence-electron chi connectivity index (χ4n) is 2.86. The second-order valence-electron chi connectivity index (χ2n) is 6.93. The Labute approximate surface area is 178 Å². The van der Waals surface area contributed by atoms with Crippen molar-refractivity contribution in [2.24, 2.45) is 16.5 Å². The summed E-state index contributed by atoms with van der Waals surface area (Å²) in [6.45, 7) is 0.338. The third kappa shape index (κ3) is 10.3. The monoisotopic (exact) mass is 443 g/mol. The van der Waals surface area contributed by atoms with Gasteiger partial charge in [-0.3, -0.25) is 24.2 Å². The molecule has 0 aromatic carbocycles. The number of rotatable bonds is 13. The van der Waals surface area contributed by atoms with Gasteiger partial charge in [0, 0.05) is 6.54 Å². The summed E-state index contributed by atoms with van der Waals surface area (Å²) in [4.78, 5) is 62.2. The van der Waals surface area contributed by atoms with Crippen molar-refractivity contribution < 1.29 is 34.2 Å². The van der Waals surface area contributed by atoms with Crippen molar-refractivity contribution in [1.82, 2.24) is 21.3 Å². The summed E-state index contributed by atoms with van der Waals surface area (Å²) < 4.78 is 0. The number of guanidine groups is 1. The molecule has 0 aliphatic carbocycles. The Hall–Kier alpha value is -3.42. The number of aliphatic imine (C=N–C) groups is 1. The molecule has 1 heterocycles. The average Bonchev–Trinajstić information content (AvgIpc) is 3.22. The first-order valence-corrected chi connectivity index (χ1v) is 9.71. The molecule has 3 unspecified atom stereocenters. The van der Waals surface area contributed by atoms with Crippen LogP contribution in [-0.2, 0) is 24.0 Å². The molecule has 0 aromatic rings. The predicted octanol–water partition coefficient (Wildman–Crippen LogP) is -3.56. The van der Waals surface area contributed by atoms with E-state index in [1.165, 1.54) is 0 Å². The molecule has 3 atom stereocenters. The molecule has 0 saturated carbocycles. The Kier molecular flexibility index (Phi) is 10.7. The Bertz CT molecular complexity index is 703. The zero-order chi connectivity index (χ0) is 23.4. The number of nitrogens with zero attached hydrogens (tertiary/aromatic N) is 1. The second kappa shape index (κ2) is 13.0. The summed E-state index contributed by atoms with van der Waals surface area (Å²) >= 11 is 0. The van der Waals surface area contributed by atoms with Crippen molar-refractivity contribution in [2.75, 3.05) is 19.6 Å². The maximum atomic E-state index is 12.5. The number of nitrogens with two attached hydrogens (primary N) is 2. The minimum Gasteiger partial charge on any atom is -0.481 e. The van der Waals surface area contributed by atoms with Gasteiger partial charge >= 0.3 is 11.9 Å². The maximum Gasteiger partial charge on any atom is 0.326 e. The van der Waals surface area contributed by atoms with Gasteiger partial charge in [0.05, 0.1) is 19.0 Å². The first kappa shape index (κ1) is 25.6. The highest BCUT2D eigenvalue weighted by Crippen LogP contribution is 2.06. The zero-order valence-corrected chi connectivity index (χ0v) is 16.9. The second-order valence-corrected chi connectivity index (χ2v) is 6.93. The van der Waals surface area contributed by atoms with E-state index in [1.54, 1.807) is 0 Å². The summed E-state index contributed by atoms with van der Waals surface area (Å²) in [6, 6.07) is -3.01. The SMILES string of the molecule is NC(N)=NCCCC(NC(=O)C1CCCN1)C(=O)NCC(=O)NC(CC(=O)O)C(=O)O. The molecule has 0 radical (unpaired) electrons. The lowest BCUT2D eigenvalue weighted by Crippen LogP contribution is -2.53. The molecule has 1 aliphatic rings. The lowest BCUT2D eigenvalue weighted by molar-refractivity contribution is -0.147. The number of nitrogens with one attached hydrogen (secondary N) is 4. The molecular weight excluding hydrogens is 414 g/mol. The number of amides is 3. The van der Waals surface area contributed by atoms with Crippen LogP contribution in [-0.4, -0.2) is 83.6 Å². The van der Waals surface area contributed by atoms with Gasteiger partial charge in [-0.1, -0.05) is 0 Å². The fourth-order valence-corrected chi connectivity index (χ4v) is 2.86. The lowest BCUT2D eigenvalue weighted by atomic mass is 10.1. The van der Waals surface area contributed by atoms with E-state index in [0.29, 0.717) is 19.4 Å². The summed E-state index contributed by atoms with van der Waals surface area (Å²) in [5.74, 6) is -4.92. The third-order valence-electron chi connectivity index (χ3n) is 4.39. The molecule has 0 bridgehead atoms. The molecule has 14 nitrogen and oxygen atoms in total. The quantitative estimate of drug-likeness (QED) is 0.0791. The van der Waals surface area contributed by atoms with E-state index >= 15 is 0 Å². The van der Waals surface area contributed by atoms with E-state index in [-0.39, 0.29) is 24.8 Å². The van der Waals surface area contributed by atoms with Crippen molar-refractivity contribution >= 4 is 35.6 Å². The van der Waals surface area contributed by atoms with Crippen LogP contribution in [0.2, 0.25) is 0 Å². The van der Waals surface area contributed by atoms with E-state index in [2.05, 4.69) is 20.9 Å². The van der Waals surface area contributed by atoms with Crippen LogP contribution in [0, 0.1) is 0 Å². The van der Waals surface area contributed by atoms with Gasteiger partial charge in [-0.25, -0.2) is 4.79 Å². The van der Waals surface area contributed by atoms with Crippen LogP contribution in [0.5, 0.6) is 0 Å². The predicted molar refractivity (Wildman–Crippen MR) is 108 cm³/mol. The largest absolute Gasteiger partial charge is 0.481 e. The highest BCUT2D eigenvalue weighted by atomic mass is 16.4. The Morgan fingerprint density at radius 3 is 2.35 bits per heavy atom. The lowest BCUT2D eigenvalue weighted by Gasteiger charge is -2.20. The molecule has 31 heavy (non-hydrogen) atoms. The van der Waals surface area contributed by atoms with Gasteiger partial charge in [-0.15, -0.1) is 0 Å². The molecule has 3 amide bonds. The molecule has 1 fully saturated rings. The average molecular weight is 443 g/mol. The van der Waals surface area contributed by atoms with Crippen LogP contribution in [0.15, 0.2) is 4.99 Å². The van der Waals surface area contributed by atoms with E-state index in [9.17, 15) is 24.0 Å². The standard InChI is InChI=1S/C17H29N7O7/c18-17(19)21-6-2-4-10(24-15(29)9-3-1-5-20-9)14(28)22-8-12(25)23-11(16(30)31)7-13(26)27/h9-11,20H,1-8H2,(H,22,28)(H,23,25)(H,24,29)(H,26,27)(H,30,31)(H4,18,19,21). The Morgan fingerprint density at radius 1 is 1.10 bits per heavy atom. The maximum absolute atomic E-state index is 12.5. The van der Waals surface area contributed by atoms with Gasteiger partial charge in [-0.05, 0) is 32.2 Å². The fraction of sp³-hybridized carbons (Fsp3) is 0.647. The highest BCUT2D eigenvalue weighted by Gasteiger charge is 2.28. The van der Waals surface area contributed by atoms with Gasteiger partial charge in [0.15, 0.2) is 5.96 Å². The van der Waals surface area contributed by atoms with E-state index in [1.807, 2.05) is 5.32 Å². The van der Waals surface area contributed by atoms with E-state index in [0.717, 1.165) is 6.42 Å². The first-order valence-electron chi connectivity index (χ1n) is 9.71. The normalized spacial score (nSPS) is 17.1. The van der Waals surface area contributed by atoms with Gasteiger partial charge in [0.25, 0.3) is 0 Å². The summed E-state index contributed by atoms with van der Waals surface area (Å²) in [7, 11) is 0. The molecule has 1 saturated heterocycles. The van der Waals surface area contributed by atoms with Gasteiger partial charge in [-0.2, -0.15) is 0 Å². The summed E-state index contributed by atoms with van der Waals surface area (Å²) in [5.41, 5.74) is 10.5. The van der Waals surface area contributed by atoms with Gasteiger partial charge < -0.3 is 42.9 Å². The molecule has 1 rings (SSSR count). The molecule has 0 spiro atoms. The van der Waals surface area contributed by atoms with Crippen molar-refractivity contribution in [1.29, 1.82) is 0 Å². The third-order valence-corrected chi connectivity index (χ3v) is 4.39. The van der Waals surface area contributed by atoms with Crippen LogP contribution in [0.3, 0.4) is 0 Å². The molecule has 0 aromatic heterocycles. The van der Waals surface area contributed by atoms with Crippen molar-refractivity contribution in [3.8, 4) is 0 Å². The number of carboxylic acids is 2. The number of carboxylic acid groups (broad SMARTS) is 2. The number of hydrogen-bond acceptors (Lipinski definition) is 7. The smallest absolute Gasteiger partial charge is 0.326 e. The minimum absolute atomic E-state index is 0.105.